The van der Waals surface area contributed by atoms with Crippen LogP contribution in [0.2, 0.25) is 0 Å². The van der Waals surface area contributed by atoms with Crippen LogP contribution in [0.3, 0.4) is 0 Å². The molecule has 2 N–H and O–H groups in total. The number of benzene rings is 1. The molecule has 0 saturated heterocycles. The second-order valence-corrected chi connectivity index (χ2v) is 6.40. The normalized spacial score (nSPS) is 13.2. The van der Waals surface area contributed by atoms with Gasteiger partial charge >= 0.3 is 0 Å². The molecule has 0 saturated carbocycles. The van der Waals surface area contributed by atoms with Crippen molar-refractivity contribution in [2.24, 2.45) is 0 Å². The molecule has 0 spiro atoms. The average molecular weight is 295 g/mol. The van der Waals surface area contributed by atoms with E-state index in [-0.39, 0.29) is 12.3 Å². The molecule has 1 heterocycles. The Hall–Kier alpha value is -1.63. The van der Waals surface area contributed by atoms with Gasteiger partial charge in [-0.05, 0) is 18.1 Å². The van der Waals surface area contributed by atoms with Gasteiger partial charge in [0.25, 0.3) is 0 Å². The lowest BCUT2D eigenvalue weighted by Gasteiger charge is -2.10. The van der Waals surface area contributed by atoms with Crippen molar-refractivity contribution in [1.82, 2.24) is 4.72 Å². The number of rotatable bonds is 7. The van der Waals surface area contributed by atoms with E-state index in [1.807, 2.05) is 30.3 Å². The molecular weight excluding hydrogens is 278 g/mol. The Kier molecular flexibility index (Phi) is 4.94. The SMILES string of the molecule is O=S(=O)(CCc1ccccc1)NC[C@H](O)c1ccoc1. The van der Waals surface area contributed by atoms with E-state index in [0.717, 1.165) is 5.56 Å². The second kappa shape index (κ2) is 6.69. The molecule has 0 aliphatic carbocycles. The largest absolute Gasteiger partial charge is 0.472 e. The summed E-state index contributed by atoms with van der Waals surface area (Å²) in [6.45, 7) is -0.0589. The lowest BCUT2D eigenvalue weighted by atomic mass is 10.2. The van der Waals surface area contributed by atoms with Crippen LogP contribution < -0.4 is 4.72 Å². The molecule has 0 bridgehead atoms. The summed E-state index contributed by atoms with van der Waals surface area (Å²) in [5.74, 6) is -0.00484. The molecule has 0 fully saturated rings. The summed E-state index contributed by atoms with van der Waals surface area (Å²) in [5.41, 5.74) is 1.52. The highest BCUT2D eigenvalue weighted by atomic mass is 32.2. The predicted molar refractivity (Wildman–Crippen MR) is 75.6 cm³/mol. The molecule has 6 heteroatoms. The van der Waals surface area contributed by atoms with Crippen LogP contribution in [-0.2, 0) is 16.4 Å². The number of hydrogen-bond acceptors (Lipinski definition) is 4. The number of nitrogens with one attached hydrogen (secondary N) is 1. The van der Waals surface area contributed by atoms with Gasteiger partial charge in [-0.1, -0.05) is 30.3 Å². The van der Waals surface area contributed by atoms with Gasteiger partial charge < -0.3 is 9.52 Å². The molecule has 1 aromatic heterocycles. The molecule has 5 nitrogen and oxygen atoms in total. The Morgan fingerprint density at radius 3 is 2.60 bits per heavy atom. The summed E-state index contributed by atoms with van der Waals surface area (Å²) in [6.07, 6.45) is 2.36. The van der Waals surface area contributed by atoms with Crippen molar-refractivity contribution in [3.63, 3.8) is 0 Å². The highest BCUT2D eigenvalue weighted by molar-refractivity contribution is 7.89. The van der Waals surface area contributed by atoms with Crippen molar-refractivity contribution in [3.05, 3.63) is 60.1 Å². The molecule has 0 radical (unpaired) electrons. The summed E-state index contributed by atoms with van der Waals surface area (Å²) in [6, 6.07) is 11.0. The Morgan fingerprint density at radius 2 is 1.95 bits per heavy atom. The third-order valence-electron chi connectivity index (χ3n) is 2.93. The van der Waals surface area contributed by atoms with Crippen molar-refractivity contribution >= 4 is 10.0 Å². The van der Waals surface area contributed by atoms with Crippen LogP contribution in [-0.4, -0.2) is 25.8 Å². The lowest BCUT2D eigenvalue weighted by molar-refractivity contribution is 0.181. The fraction of sp³-hybridized carbons (Fsp3) is 0.286. The maximum Gasteiger partial charge on any atom is 0.212 e. The van der Waals surface area contributed by atoms with Gasteiger partial charge in [0.05, 0.1) is 24.4 Å². The average Bonchev–Trinajstić information content (AvgIpc) is 2.98. The third kappa shape index (κ3) is 4.48. The quantitative estimate of drug-likeness (QED) is 0.811. The zero-order valence-corrected chi connectivity index (χ0v) is 11.7. The number of aliphatic hydroxyl groups excluding tert-OH is 1. The summed E-state index contributed by atoms with van der Waals surface area (Å²) in [7, 11) is -3.41. The molecule has 2 rings (SSSR count). The van der Waals surface area contributed by atoms with Gasteiger partial charge in [-0.2, -0.15) is 0 Å². The summed E-state index contributed by atoms with van der Waals surface area (Å²) < 4.78 is 30.9. The first-order valence-electron chi connectivity index (χ1n) is 6.28. The van der Waals surface area contributed by atoms with Crippen LogP contribution in [0.25, 0.3) is 0 Å². The molecule has 108 valence electrons. The summed E-state index contributed by atoms with van der Waals surface area (Å²) >= 11 is 0. The number of sulfonamides is 1. The molecule has 0 unspecified atom stereocenters. The maximum atomic E-state index is 11.8. The van der Waals surface area contributed by atoms with E-state index in [1.54, 1.807) is 6.07 Å². The van der Waals surface area contributed by atoms with Crippen LogP contribution in [0.4, 0.5) is 0 Å². The van der Waals surface area contributed by atoms with Gasteiger partial charge in [0.1, 0.15) is 0 Å². The van der Waals surface area contributed by atoms with E-state index in [2.05, 4.69) is 4.72 Å². The smallest absolute Gasteiger partial charge is 0.212 e. The van der Waals surface area contributed by atoms with Gasteiger partial charge in [0.2, 0.25) is 10.0 Å². The van der Waals surface area contributed by atoms with Crippen molar-refractivity contribution in [2.75, 3.05) is 12.3 Å². The van der Waals surface area contributed by atoms with Crippen LogP contribution in [0.15, 0.2) is 53.3 Å². The molecule has 1 aromatic carbocycles. The van der Waals surface area contributed by atoms with Crippen LogP contribution in [0.5, 0.6) is 0 Å². The Morgan fingerprint density at radius 1 is 1.20 bits per heavy atom. The van der Waals surface area contributed by atoms with Crippen LogP contribution in [0, 0.1) is 0 Å². The Labute approximate surface area is 118 Å². The lowest BCUT2D eigenvalue weighted by Crippen LogP contribution is -2.31. The number of aryl methyl sites for hydroxylation is 1. The minimum atomic E-state index is -3.41. The number of hydrogen-bond donors (Lipinski definition) is 2. The van der Waals surface area contributed by atoms with Gasteiger partial charge in [-0.15, -0.1) is 0 Å². The molecule has 1 atom stereocenters. The maximum absolute atomic E-state index is 11.8. The molecule has 20 heavy (non-hydrogen) atoms. The predicted octanol–water partition coefficient (Wildman–Crippen LogP) is 1.48. The third-order valence-corrected chi connectivity index (χ3v) is 4.27. The molecule has 0 aliphatic rings. The minimum absolute atomic E-state index is 0.00484. The van der Waals surface area contributed by atoms with E-state index in [0.29, 0.717) is 12.0 Å². The van der Waals surface area contributed by atoms with Crippen molar-refractivity contribution in [2.45, 2.75) is 12.5 Å². The summed E-state index contributed by atoms with van der Waals surface area (Å²) in [4.78, 5) is 0. The molecule has 0 aliphatic heterocycles. The zero-order chi connectivity index (χ0) is 14.4. The first-order valence-corrected chi connectivity index (χ1v) is 7.93. The van der Waals surface area contributed by atoms with Gasteiger partial charge in [0.15, 0.2) is 0 Å². The van der Waals surface area contributed by atoms with Crippen LogP contribution >= 0.6 is 0 Å². The monoisotopic (exact) mass is 295 g/mol. The van der Waals surface area contributed by atoms with Crippen molar-refractivity contribution in [3.8, 4) is 0 Å². The zero-order valence-electron chi connectivity index (χ0n) is 10.9. The van der Waals surface area contributed by atoms with Gasteiger partial charge in [-0.25, -0.2) is 13.1 Å². The van der Waals surface area contributed by atoms with Gasteiger partial charge in [-0.3, -0.25) is 0 Å². The summed E-state index contributed by atoms with van der Waals surface area (Å²) in [5, 5.41) is 9.77. The van der Waals surface area contributed by atoms with Crippen LogP contribution in [0.1, 0.15) is 17.2 Å². The minimum Gasteiger partial charge on any atom is -0.472 e. The first-order chi connectivity index (χ1) is 9.57. The highest BCUT2D eigenvalue weighted by Gasteiger charge is 2.15. The van der Waals surface area contributed by atoms with E-state index in [4.69, 9.17) is 4.42 Å². The molecule has 0 amide bonds. The first kappa shape index (κ1) is 14.8. The standard InChI is InChI=1S/C14H17NO4S/c16-14(13-6-8-19-11-13)10-15-20(17,18)9-7-12-4-2-1-3-5-12/h1-6,8,11,14-16H,7,9-10H2/t14-/m0/s1. The van der Waals surface area contributed by atoms with E-state index in [9.17, 15) is 13.5 Å². The molecule has 2 aromatic rings. The van der Waals surface area contributed by atoms with Crippen molar-refractivity contribution < 1.29 is 17.9 Å². The van der Waals surface area contributed by atoms with E-state index < -0.39 is 16.1 Å². The second-order valence-electron chi connectivity index (χ2n) is 4.48. The molecular formula is C14H17NO4S. The fourth-order valence-corrected chi connectivity index (χ4v) is 2.82. The van der Waals surface area contributed by atoms with E-state index in [1.165, 1.54) is 12.5 Å². The topological polar surface area (TPSA) is 79.5 Å². The van der Waals surface area contributed by atoms with Gasteiger partial charge in [0, 0.05) is 12.1 Å². The van der Waals surface area contributed by atoms with Crippen molar-refractivity contribution in [1.29, 1.82) is 0 Å². The number of furan rings is 1. The fourth-order valence-electron chi connectivity index (χ4n) is 1.76. The Bertz CT molecular complexity index is 608. The number of aliphatic hydroxyl groups is 1. The van der Waals surface area contributed by atoms with E-state index >= 15 is 0 Å². The Balaban J connectivity index is 1.82. The highest BCUT2D eigenvalue weighted by Crippen LogP contribution is 2.12.